The maximum absolute atomic E-state index is 12.0. The molecule has 0 aromatic heterocycles. The van der Waals surface area contributed by atoms with E-state index >= 15 is 0 Å². The molecular formula is C10H7F3O3. The lowest BCUT2D eigenvalue weighted by Crippen LogP contribution is -2.18. The van der Waals surface area contributed by atoms with Gasteiger partial charge in [0.1, 0.15) is 0 Å². The van der Waals surface area contributed by atoms with Crippen LogP contribution in [0, 0.1) is 0 Å². The van der Waals surface area contributed by atoms with Gasteiger partial charge >= 0.3 is 12.3 Å². The maximum atomic E-state index is 12.0. The predicted octanol–water partition coefficient (Wildman–Crippen LogP) is 2.68. The lowest BCUT2D eigenvalue weighted by molar-refractivity contribution is -0.275. The molecule has 0 aliphatic heterocycles. The molecule has 0 amide bonds. The number of hydrogen-bond acceptors (Lipinski definition) is 3. The van der Waals surface area contributed by atoms with Gasteiger partial charge in [0, 0.05) is 6.08 Å². The van der Waals surface area contributed by atoms with Crippen LogP contribution in [-0.4, -0.2) is 12.3 Å². The van der Waals surface area contributed by atoms with E-state index in [0.717, 1.165) is 12.1 Å². The van der Waals surface area contributed by atoms with Crippen molar-refractivity contribution in [2.45, 2.75) is 6.36 Å². The van der Waals surface area contributed by atoms with Crippen LogP contribution in [0.15, 0.2) is 36.9 Å². The average Bonchev–Trinajstić information content (AvgIpc) is 2.18. The van der Waals surface area contributed by atoms with Crippen molar-refractivity contribution in [3.05, 3.63) is 36.9 Å². The zero-order valence-corrected chi connectivity index (χ0v) is 7.95. The molecule has 0 atom stereocenters. The Morgan fingerprint density at radius 3 is 2.31 bits per heavy atom. The second-order valence-electron chi connectivity index (χ2n) is 2.62. The van der Waals surface area contributed by atoms with Gasteiger partial charge in [-0.15, -0.1) is 13.2 Å². The Bertz CT molecular complexity index is 399. The third kappa shape index (κ3) is 3.64. The fourth-order valence-corrected chi connectivity index (χ4v) is 0.894. The highest BCUT2D eigenvalue weighted by molar-refractivity contribution is 5.83. The number of rotatable bonds is 3. The van der Waals surface area contributed by atoms with Gasteiger partial charge < -0.3 is 9.47 Å². The van der Waals surface area contributed by atoms with E-state index in [2.05, 4.69) is 16.1 Å². The van der Waals surface area contributed by atoms with Crippen molar-refractivity contribution in [2.75, 3.05) is 0 Å². The van der Waals surface area contributed by atoms with Gasteiger partial charge in [-0.3, -0.25) is 0 Å². The van der Waals surface area contributed by atoms with Gasteiger partial charge in [0.2, 0.25) is 0 Å². The molecule has 1 rings (SSSR count). The first kappa shape index (κ1) is 12.1. The number of carbonyl (C=O) groups excluding carboxylic acids is 1. The molecule has 0 aliphatic rings. The van der Waals surface area contributed by atoms with Crippen molar-refractivity contribution in [3.63, 3.8) is 0 Å². The Morgan fingerprint density at radius 1 is 1.25 bits per heavy atom. The largest absolute Gasteiger partial charge is 0.573 e. The summed E-state index contributed by atoms with van der Waals surface area (Å²) in [6, 6.07) is 4.96. The van der Waals surface area contributed by atoms with Crippen LogP contribution in [0.1, 0.15) is 0 Å². The molecule has 0 bridgehead atoms. The van der Waals surface area contributed by atoms with Crippen LogP contribution in [0.3, 0.4) is 0 Å². The maximum Gasteiger partial charge on any atom is 0.573 e. The first-order valence-corrected chi connectivity index (χ1v) is 4.11. The van der Waals surface area contributed by atoms with Gasteiger partial charge in [-0.1, -0.05) is 18.7 Å². The summed E-state index contributed by atoms with van der Waals surface area (Å²) in [6.45, 7) is 3.12. The zero-order valence-electron chi connectivity index (χ0n) is 7.95. The van der Waals surface area contributed by atoms with Crippen LogP contribution in [0.25, 0.3) is 0 Å². The van der Waals surface area contributed by atoms with E-state index in [1.165, 1.54) is 18.2 Å². The molecule has 0 heterocycles. The SMILES string of the molecule is C=CC(=O)Oc1ccccc1OC(F)(F)F. The van der Waals surface area contributed by atoms with Crippen LogP contribution >= 0.6 is 0 Å². The molecule has 1 aromatic carbocycles. The fourth-order valence-electron chi connectivity index (χ4n) is 0.894. The first-order valence-electron chi connectivity index (χ1n) is 4.11. The minimum Gasteiger partial charge on any atom is -0.419 e. The Hall–Kier alpha value is -1.98. The third-order valence-corrected chi connectivity index (χ3v) is 1.45. The van der Waals surface area contributed by atoms with E-state index in [0.29, 0.717) is 0 Å². The minimum atomic E-state index is -4.84. The molecule has 0 N–H and O–H groups in total. The van der Waals surface area contributed by atoms with Crippen molar-refractivity contribution in [3.8, 4) is 11.5 Å². The summed E-state index contributed by atoms with van der Waals surface area (Å²) < 4.78 is 44.1. The zero-order chi connectivity index (χ0) is 12.2. The normalized spacial score (nSPS) is 10.7. The number of ether oxygens (including phenoxy) is 2. The summed E-state index contributed by atoms with van der Waals surface area (Å²) in [5, 5.41) is 0. The summed E-state index contributed by atoms with van der Waals surface area (Å²) >= 11 is 0. The smallest absolute Gasteiger partial charge is 0.419 e. The summed E-state index contributed by atoms with van der Waals surface area (Å²) in [6.07, 6.45) is -4.00. The molecule has 0 unspecified atom stereocenters. The molecule has 0 fully saturated rings. The van der Waals surface area contributed by atoms with Gasteiger partial charge in [0.15, 0.2) is 11.5 Å². The molecule has 1 aromatic rings. The second kappa shape index (κ2) is 4.69. The number of benzene rings is 1. The van der Waals surface area contributed by atoms with Crippen LogP contribution in [0.5, 0.6) is 11.5 Å². The summed E-state index contributed by atoms with van der Waals surface area (Å²) in [4.78, 5) is 10.8. The molecule has 0 aliphatic carbocycles. The van der Waals surface area contributed by atoms with Crippen LogP contribution in [0.4, 0.5) is 13.2 Å². The Labute approximate surface area is 89.1 Å². The Morgan fingerprint density at radius 2 is 1.81 bits per heavy atom. The van der Waals surface area contributed by atoms with Crippen molar-refractivity contribution in [2.24, 2.45) is 0 Å². The monoisotopic (exact) mass is 232 g/mol. The number of carbonyl (C=O) groups is 1. The Balaban J connectivity index is 2.91. The van der Waals surface area contributed by atoms with E-state index < -0.39 is 18.1 Å². The average molecular weight is 232 g/mol. The van der Waals surface area contributed by atoms with Crippen molar-refractivity contribution in [1.29, 1.82) is 0 Å². The second-order valence-corrected chi connectivity index (χ2v) is 2.62. The third-order valence-electron chi connectivity index (χ3n) is 1.45. The van der Waals surface area contributed by atoms with E-state index in [4.69, 9.17) is 0 Å². The van der Waals surface area contributed by atoms with Gasteiger partial charge in [0.05, 0.1) is 0 Å². The molecule has 0 spiro atoms. The molecular weight excluding hydrogens is 225 g/mol. The van der Waals surface area contributed by atoms with Crippen LogP contribution < -0.4 is 9.47 Å². The van der Waals surface area contributed by atoms with Crippen molar-refractivity contribution >= 4 is 5.97 Å². The van der Waals surface area contributed by atoms with Gasteiger partial charge in [-0.25, -0.2) is 4.79 Å². The predicted molar refractivity (Wildman–Crippen MR) is 49.0 cm³/mol. The molecule has 0 radical (unpaired) electrons. The van der Waals surface area contributed by atoms with Crippen LogP contribution in [0.2, 0.25) is 0 Å². The van der Waals surface area contributed by atoms with Crippen LogP contribution in [-0.2, 0) is 4.79 Å². The number of alkyl halides is 3. The topological polar surface area (TPSA) is 35.5 Å². The van der Waals surface area contributed by atoms with E-state index in [9.17, 15) is 18.0 Å². The van der Waals surface area contributed by atoms with E-state index in [-0.39, 0.29) is 5.75 Å². The summed E-state index contributed by atoms with van der Waals surface area (Å²) in [5.41, 5.74) is 0. The highest BCUT2D eigenvalue weighted by Gasteiger charge is 2.32. The number of para-hydroxylation sites is 2. The van der Waals surface area contributed by atoms with E-state index in [1.54, 1.807) is 0 Å². The standard InChI is InChI=1S/C10H7F3O3/c1-2-9(14)15-7-5-3-4-6-8(7)16-10(11,12)13/h2-6H,1H2. The summed E-state index contributed by atoms with van der Waals surface area (Å²) in [7, 11) is 0. The number of esters is 1. The highest BCUT2D eigenvalue weighted by atomic mass is 19.4. The van der Waals surface area contributed by atoms with Gasteiger partial charge in [-0.05, 0) is 12.1 Å². The van der Waals surface area contributed by atoms with E-state index in [1.807, 2.05) is 0 Å². The Kier molecular flexibility index (Phi) is 3.55. The van der Waals surface area contributed by atoms with Gasteiger partial charge in [0.25, 0.3) is 0 Å². The molecule has 6 heteroatoms. The quantitative estimate of drug-likeness (QED) is 0.456. The lowest BCUT2D eigenvalue weighted by Gasteiger charge is -2.11. The molecule has 0 saturated heterocycles. The molecule has 0 saturated carbocycles. The lowest BCUT2D eigenvalue weighted by atomic mass is 10.3. The molecule has 86 valence electrons. The van der Waals surface area contributed by atoms with Gasteiger partial charge in [-0.2, -0.15) is 0 Å². The molecule has 16 heavy (non-hydrogen) atoms. The fraction of sp³-hybridized carbons (Fsp3) is 0.100. The van der Waals surface area contributed by atoms with Crippen molar-refractivity contribution < 1.29 is 27.4 Å². The minimum absolute atomic E-state index is 0.315. The number of halogens is 3. The first-order chi connectivity index (χ1) is 7.42. The summed E-state index contributed by atoms with van der Waals surface area (Å²) in [5.74, 6) is -1.76. The molecule has 3 nitrogen and oxygen atoms in total. The highest BCUT2D eigenvalue weighted by Crippen LogP contribution is 2.31. The van der Waals surface area contributed by atoms with Crippen molar-refractivity contribution in [1.82, 2.24) is 0 Å². The number of hydrogen-bond donors (Lipinski definition) is 0.